The molecule has 164 valence electrons. The molecule has 0 bridgehead atoms. The Bertz CT molecular complexity index is 1260. The molecule has 2 aromatic carbocycles. The Balaban J connectivity index is 1.48. The molecule has 2 aromatic heterocycles. The van der Waals surface area contributed by atoms with Gasteiger partial charge in [0.25, 0.3) is 0 Å². The van der Waals surface area contributed by atoms with Crippen LogP contribution in [-0.4, -0.2) is 31.7 Å². The van der Waals surface area contributed by atoms with Gasteiger partial charge in [0, 0.05) is 36.6 Å². The Hall–Kier alpha value is -3.94. The summed E-state index contributed by atoms with van der Waals surface area (Å²) in [4.78, 5) is 25.3. The first-order valence-electron chi connectivity index (χ1n) is 10.6. The number of amides is 1. The molecule has 0 aliphatic rings. The lowest BCUT2D eigenvalue weighted by atomic mass is 10.0. The van der Waals surface area contributed by atoms with Gasteiger partial charge < -0.3 is 10.1 Å². The third kappa shape index (κ3) is 4.69. The zero-order valence-corrected chi connectivity index (χ0v) is 18.1. The summed E-state index contributed by atoms with van der Waals surface area (Å²) in [5.74, 6) is 1.37. The van der Waals surface area contributed by atoms with E-state index < -0.39 is 0 Å². The number of para-hydroxylation sites is 1. The van der Waals surface area contributed by atoms with Gasteiger partial charge in [-0.3, -0.25) is 18.6 Å². The third-order valence-electron chi connectivity index (χ3n) is 5.09. The van der Waals surface area contributed by atoms with Crippen molar-refractivity contribution in [3.63, 3.8) is 0 Å². The molecular formula is C24H25N5O3. The maximum atomic E-state index is 13.0. The van der Waals surface area contributed by atoms with E-state index in [1.165, 1.54) is 4.57 Å². The number of ether oxygens (including phenoxy) is 1. The minimum Gasteiger partial charge on any atom is -0.494 e. The molecule has 1 N–H and O–H groups in total. The number of hydrogen-bond donors (Lipinski definition) is 1. The summed E-state index contributed by atoms with van der Waals surface area (Å²) in [6.07, 6.45) is 4.34. The van der Waals surface area contributed by atoms with E-state index in [-0.39, 0.29) is 23.0 Å². The minimum absolute atomic E-state index is 0.0275. The van der Waals surface area contributed by atoms with E-state index in [2.05, 4.69) is 15.5 Å². The Morgan fingerprint density at radius 1 is 1.06 bits per heavy atom. The van der Waals surface area contributed by atoms with E-state index in [0.717, 1.165) is 17.1 Å². The fraction of sp³-hybridized carbons (Fsp3) is 0.250. The maximum absolute atomic E-state index is 13.0. The standard InChI is InChI=1S/C24H25N5O3/c1-3-32-20-11-9-19(10-12-20)28-13-14-29-21(26-27-23(29)24(28)31)15-17(2)16-22(30)25-18-7-5-4-6-8-18/h4-14,17H,3,15-16H2,1-2H3,(H,25,30). The quantitative estimate of drug-likeness (QED) is 0.461. The second-order valence-electron chi connectivity index (χ2n) is 7.64. The van der Waals surface area contributed by atoms with Crippen LogP contribution in [0.5, 0.6) is 5.75 Å². The van der Waals surface area contributed by atoms with Gasteiger partial charge in [-0.15, -0.1) is 10.2 Å². The van der Waals surface area contributed by atoms with Crippen LogP contribution in [0.15, 0.2) is 71.8 Å². The van der Waals surface area contributed by atoms with E-state index in [1.54, 1.807) is 16.8 Å². The summed E-state index contributed by atoms with van der Waals surface area (Å²) in [7, 11) is 0. The summed E-state index contributed by atoms with van der Waals surface area (Å²) in [5.41, 5.74) is 1.48. The number of anilines is 1. The Labute approximate surface area is 185 Å². The van der Waals surface area contributed by atoms with Crippen molar-refractivity contribution in [3.05, 3.63) is 83.2 Å². The minimum atomic E-state index is -0.259. The number of hydrogen-bond acceptors (Lipinski definition) is 5. The molecule has 8 heteroatoms. The molecule has 32 heavy (non-hydrogen) atoms. The van der Waals surface area contributed by atoms with Crippen molar-refractivity contribution in [3.8, 4) is 11.4 Å². The smallest absolute Gasteiger partial charge is 0.300 e. The first kappa shape index (κ1) is 21.3. The van der Waals surface area contributed by atoms with Gasteiger partial charge in [-0.2, -0.15) is 0 Å². The van der Waals surface area contributed by atoms with Crippen LogP contribution in [0.2, 0.25) is 0 Å². The van der Waals surface area contributed by atoms with Crippen LogP contribution in [-0.2, 0) is 11.2 Å². The second kappa shape index (κ2) is 9.47. The summed E-state index contributed by atoms with van der Waals surface area (Å²) in [5, 5.41) is 11.2. The lowest BCUT2D eigenvalue weighted by molar-refractivity contribution is -0.116. The molecule has 0 aliphatic carbocycles. The van der Waals surface area contributed by atoms with Gasteiger partial charge >= 0.3 is 5.56 Å². The molecule has 0 spiro atoms. The van der Waals surface area contributed by atoms with Crippen LogP contribution in [0.4, 0.5) is 5.69 Å². The summed E-state index contributed by atoms with van der Waals surface area (Å²) in [6.45, 7) is 4.48. The van der Waals surface area contributed by atoms with Crippen molar-refractivity contribution in [2.24, 2.45) is 5.92 Å². The molecule has 0 radical (unpaired) electrons. The predicted molar refractivity (Wildman–Crippen MR) is 122 cm³/mol. The Kier molecular flexibility index (Phi) is 6.30. The molecule has 8 nitrogen and oxygen atoms in total. The van der Waals surface area contributed by atoms with Crippen molar-refractivity contribution in [1.29, 1.82) is 0 Å². The molecule has 1 amide bonds. The van der Waals surface area contributed by atoms with Crippen LogP contribution in [0.25, 0.3) is 11.3 Å². The normalized spacial score (nSPS) is 11.9. The second-order valence-corrected chi connectivity index (χ2v) is 7.64. The fourth-order valence-electron chi connectivity index (χ4n) is 3.58. The highest BCUT2D eigenvalue weighted by atomic mass is 16.5. The van der Waals surface area contributed by atoms with Crippen molar-refractivity contribution >= 4 is 17.2 Å². The van der Waals surface area contributed by atoms with Gasteiger partial charge in [0.2, 0.25) is 11.6 Å². The SMILES string of the molecule is CCOc1ccc(-n2ccn3c(CC(C)CC(=O)Nc4ccccc4)nnc3c2=O)cc1. The topological polar surface area (TPSA) is 90.5 Å². The van der Waals surface area contributed by atoms with Crippen molar-refractivity contribution < 1.29 is 9.53 Å². The Morgan fingerprint density at radius 3 is 2.53 bits per heavy atom. The summed E-state index contributed by atoms with van der Waals surface area (Å²) in [6, 6.07) is 16.7. The summed E-state index contributed by atoms with van der Waals surface area (Å²) >= 11 is 0. The predicted octanol–water partition coefficient (Wildman–Crippen LogP) is 3.49. The van der Waals surface area contributed by atoms with Gasteiger partial charge in [-0.05, 0) is 49.2 Å². The van der Waals surface area contributed by atoms with Crippen LogP contribution < -0.4 is 15.6 Å². The molecule has 2 heterocycles. The highest BCUT2D eigenvalue weighted by molar-refractivity contribution is 5.90. The molecule has 0 saturated heterocycles. The van der Waals surface area contributed by atoms with Gasteiger partial charge in [0.05, 0.1) is 6.61 Å². The first-order valence-corrected chi connectivity index (χ1v) is 10.6. The van der Waals surface area contributed by atoms with Gasteiger partial charge in [0.15, 0.2) is 0 Å². The number of nitrogens with one attached hydrogen (secondary N) is 1. The molecule has 0 saturated carbocycles. The van der Waals surface area contributed by atoms with E-state index in [4.69, 9.17) is 4.74 Å². The highest BCUT2D eigenvalue weighted by Crippen LogP contribution is 2.16. The zero-order valence-electron chi connectivity index (χ0n) is 18.1. The Morgan fingerprint density at radius 2 is 1.81 bits per heavy atom. The maximum Gasteiger partial charge on any atom is 0.300 e. The molecule has 4 aromatic rings. The summed E-state index contributed by atoms with van der Waals surface area (Å²) < 4.78 is 8.68. The van der Waals surface area contributed by atoms with Gasteiger partial charge in [-0.1, -0.05) is 25.1 Å². The number of carbonyl (C=O) groups excluding carboxylic acids is 1. The largest absolute Gasteiger partial charge is 0.494 e. The number of rotatable bonds is 8. The van der Waals surface area contributed by atoms with Crippen LogP contribution in [0.1, 0.15) is 26.1 Å². The first-order chi connectivity index (χ1) is 15.5. The molecular weight excluding hydrogens is 406 g/mol. The van der Waals surface area contributed by atoms with Crippen molar-refractivity contribution in [1.82, 2.24) is 19.2 Å². The van der Waals surface area contributed by atoms with E-state index in [1.807, 2.05) is 68.4 Å². The zero-order chi connectivity index (χ0) is 22.5. The highest BCUT2D eigenvalue weighted by Gasteiger charge is 2.16. The average Bonchev–Trinajstić information content (AvgIpc) is 3.19. The fourth-order valence-corrected chi connectivity index (χ4v) is 3.58. The molecule has 1 atom stereocenters. The molecule has 4 rings (SSSR count). The molecule has 0 aliphatic heterocycles. The van der Waals surface area contributed by atoms with E-state index in [0.29, 0.717) is 25.3 Å². The van der Waals surface area contributed by atoms with Gasteiger partial charge in [-0.25, -0.2) is 0 Å². The van der Waals surface area contributed by atoms with Crippen LogP contribution in [0, 0.1) is 5.92 Å². The number of carbonyl (C=O) groups is 1. The molecule has 1 unspecified atom stereocenters. The monoisotopic (exact) mass is 431 g/mol. The van der Waals surface area contributed by atoms with E-state index in [9.17, 15) is 9.59 Å². The van der Waals surface area contributed by atoms with E-state index >= 15 is 0 Å². The van der Waals surface area contributed by atoms with Crippen molar-refractivity contribution in [2.45, 2.75) is 26.7 Å². The number of aromatic nitrogens is 4. The molecule has 0 fully saturated rings. The average molecular weight is 431 g/mol. The van der Waals surface area contributed by atoms with Crippen LogP contribution in [0.3, 0.4) is 0 Å². The lowest BCUT2D eigenvalue weighted by Crippen LogP contribution is -2.21. The van der Waals surface area contributed by atoms with Crippen LogP contribution >= 0.6 is 0 Å². The van der Waals surface area contributed by atoms with Gasteiger partial charge in [0.1, 0.15) is 11.6 Å². The number of fused-ring (bicyclic) bond motifs is 1. The number of nitrogens with zero attached hydrogens (tertiary/aromatic N) is 4. The van der Waals surface area contributed by atoms with Crippen molar-refractivity contribution in [2.75, 3.05) is 11.9 Å². The third-order valence-corrected chi connectivity index (χ3v) is 5.09. The lowest BCUT2D eigenvalue weighted by Gasteiger charge is -2.11. The number of benzene rings is 2.